The number of sulfonamides is 1. The number of unbranched alkanes of at least 4 members (excludes halogenated alkanes) is 1. The van der Waals surface area contributed by atoms with Crippen LogP contribution in [0.1, 0.15) is 38.2 Å². The molecule has 0 radical (unpaired) electrons. The molecule has 0 unspecified atom stereocenters. The minimum atomic E-state index is -3.46. The van der Waals surface area contributed by atoms with Crippen molar-refractivity contribution in [2.75, 3.05) is 6.54 Å². The Morgan fingerprint density at radius 2 is 2.28 bits per heavy atom. The molecule has 1 aromatic rings. The van der Waals surface area contributed by atoms with E-state index in [2.05, 4.69) is 20.2 Å². The molecule has 3 N–H and O–H groups in total. The Bertz CT molecular complexity index is 479. The second kappa shape index (κ2) is 5.81. The Morgan fingerprint density at radius 1 is 1.50 bits per heavy atom. The van der Waals surface area contributed by atoms with Gasteiger partial charge in [0.15, 0.2) is 5.03 Å². The molecule has 0 aliphatic heterocycles. The third-order valence-electron chi connectivity index (χ3n) is 2.93. The lowest BCUT2D eigenvalue weighted by Crippen LogP contribution is -2.27. The molecule has 0 saturated heterocycles. The highest BCUT2D eigenvalue weighted by molar-refractivity contribution is 7.89. The molecule has 0 atom stereocenters. The van der Waals surface area contributed by atoms with Crippen LogP contribution < -0.4 is 10.0 Å². The molecule has 1 aromatic heterocycles. The van der Waals surface area contributed by atoms with Gasteiger partial charge in [0.1, 0.15) is 0 Å². The number of aromatic amines is 1. The van der Waals surface area contributed by atoms with Crippen molar-refractivity contribution in [3.05, 3.63) is 11.8 Å². The van der Waals surface area contributed by atoms with Crippen molar-refractivity contribution in [3.63, 3.8) is 0 Å². The fourth-order valence-corrected chi connectivity index (χ4v) is 2.86. The maximum atomic E-state index is 12.0. The van der Waals surface area contributed by atoms with Gasteiger partial charge in [-0.2, -0.15) is 5.10 Å². The molecule has 1 heterocycles. The first-order valence-corrected chi connectivity index (χ1v) is 7.87. The van der Waals surface area contributed by atoms with E-state index < -0.39 is 10.0 Å². The predicted molar refractivity (Wildman–Crippen MR) is 68.5 cm³/mol. The van der Waals surface area contributed by atoms with Crippen LogP contribution in [0.5, 0.6) is 0 Å². The summed E-state index contributed by atoms with van der Waals surface area (Å²) in [6.07, 6.45) is 5.72. The van der Waals surface area contributed by atoms with Crippen LogP contribution in [-0.2, 0) is 16.6 Å². The highest BCUT2D eigenvalue weighted by Gasteiger charge is 2.24. The molecule has 7 heteroatoms. The molecule has 0 amide bonds. The first kappa shape index (κ1) is 13.5. The number of nitrogens with one attached hydrogen (secondary N) is 3. The smallest absolute Gasteiger partial charge is 0.257 e. The molecule has 1 fully saturated rings. The van der Waals surface area contributed by atoms with Crippen molar-refractivity contribution in [2.45, 2.75) is 50.2 Å². The lowest BCUT2D eigenvalue weighted by molar-refractivity contribution is 0.570. The second-order valence-electron chi connectivity index (χ2n) is 4.63. The van der Waals surface area contributed by atoms with E-state index in [0.29, 0.717) is 24.7 Å². The summed E-state index contributed by atoms with van der Waals surface area (Å²) in [7, 11) is -3.46. The summed E-state index contributed by atoms with van der Waals surface area (Å²) in [5.74, 6) is 0. The van der Waals surface area contributed by atoms with Gasteiger partial charge in [-0.05, 0) is 19.3 Å². The van der Waals surface area contributed by atoms with Gasteiger partial charge in [0.2, 0.25) is 0 Å². The van der Waals surface area contributed by atoms with Gasteiger partial charge in [-0.25, -0.2) is 13.1 Å². The number of nitrogens with zero attached hydrogens (tertiary/aromatic N) is 1. The van der Waals surface area contributed by atoms with E-state index in [9.17, 15) is 8.42 Å². The van der Waals surface area contributed by atoms with Crippen molar-refractivity contribution in [1.82, 2.24) is 20.2 Å². The Kier molecular flexibility index (Phi) is 4.36. The molecule has 1 aliphatic carbocycles. The van der Waals surface area contributed by atoms with E-state index in [1.807, 2.05) is 6.92 Å². The molecule has 2 rings (SSSR count). The molecular weight excluding hydrogens is 252 g/mol. The zero-order chi connectivity index (χ0) is 13.0. The summed E-state index contributed by atoms with van der Waals surface area (Å²) >= 11 is 0. The van der Waals surface area contributed by atoms with Crippen LogP contribution in [-0.4, -0.2) is 31.2 Å². The number of H-pyrrole nitrogens is 1. The fourth-order valence-electron chi connectivity index (χ4n) is 1.66. The van der Waals surface area contributed by atoms with Crippen LogP contribution in [0, 0.1) is 0 Å². The van der Waals surface area contributed by atoms with Crippen LogP contribution in [0.2, 0.25) is 0 Å². The SMILES string of the molecule is CCCCNS(=O)(=O)c1[nH]ncc1CNC1CC1. The van der Waals surface area contributed by atoms with Crippen LogP contribution >= 0.6 is 0 Å². The first-order valence-electron chi connectivity index (χ1n) is 6.39. The number of hydrogen-bond acceptors (Lipinski definition) is 4. The lowest BCUT2D eigenvalue weighted by atomic mass is 10.3. The van der Waals surface area contributed by atoms with Crippen LogP contribution in [0.25, 0.3) is 0 Å². The molecule has 0 bridgehead atoms. The minimum Gasteiger partial charge on any atom is -0.310 e. The maximum absolute atomic E-state index is 12.0. The van der Waals surface area contributed by atoms with E-state index in [0.717, 1.165) is 12.8 Å². The third kappa shape index (κ3) is 3.54. The van der Waals surface area contributed by atoms with E-state index in [4.69, 9.17) is 0 Å². The molecule has 102 valence electrons. The summed E-state index contributed by atoms with van der Waals surface area (Å²) in [5, 5.41) is 9.88. The first-order chi connectivity index (χ1) is 8.63. The average molecular weight is 272 g/mol. The monoisotopic (exact) mass is 272 g/mol. The number of aromatic nitrogens is 2. The molecule has 18 heavy (non-hydrogen) atoms. The molecule has 6 nitrogen and oxygen atoms in total. The molecule has 1 aliphatic rings. The lowest BCUT2D eigenvalue weighted by Gasteiger charge is -2.07. The highest BCUT2D eigenvalue weighted by atomic mass is 32.2. The van der Waals surface area contributed by atoms with Gasteiger partial charge in [-0.1, -0.05) is 13.3 Å². The summed E-state index contributed by atoms with van der Waals surface area (Å²) in [5.41, 5.74) is 0.700. The van der Waals surface area contributed by atoms with Gasteiger partial charge in [0, 0.05) is 24.7 Å². The van der Waals surface area contributed by atoms with Gasteiger partial charge in [-0.15, -0.1) is 0 Å². The fraction of sp³-hybridized carbons (Fsp3) is 0.727. The third-order valence-corrected chi connectivity index (χ3v) is 4.40. The maximum Gasteiger partial charge on any atom is 0.257 e. The zero-order valence-electron chi connectivity index (χ0n) is 10.6. The van der Waals surface area contributed by atoms with Gasteiger partial charge in [-0.3, -0.25) is 5.10 Å². The van der Waals surface area contributed by atoms with Crippen LogP contribution in [0.3, 0.4) is 0 Å². The largest absolute Gasteiger partial charge is 0.310 e. The Hall–Kier alpha value is -0.920. The quantitative estimate of drug-likeness (QED) is 0.609. The van der Waals surface area contributed by atoms with Crippen molar-refractivity contribution in [1.29, 1.82) is 0 Å². The van der Waals surface area contributed by atoms with Crippen LogP contribution in [0.4, 0.5) is 0 Å². The van der Waals surface area contributed by atoms with Gasteiger partial charge < -0.3 is 5.32 Å². The number of rotatable bonds is 8. The van der Waals surface area contributed by atoms with Crippen molar-refractivity contribution in [3.8, 4) is 0 Å². The van der Waals surface area contributed by atoms with Crippen molar-refractivity contribution in [2.24, 2.45) is 0 Å². The number of hydrogen-bond donors (Lipinski definition) is 3. The van der Waals surface area contributed by atoms with Crippen molar-refractivity contribution < 1.29 is 8.42 Å². The topological polar surface area (TPSA) is 86.9 Å². The summed E-state index contributed by atoms with van der Waals surface area (Å²) in [6, 6.07) is 0.545. The predicted octanol–water partition coefficient (Wildman–Crippen LogP) is 0.740. The van der Waals surface area contributed by atoms with Crippen molar-refractivity contribution >= 4 is 10.0 Å². The minimum absolute atomic E-state index is 0.187. The van der Waals surface area contributed by atoms with Crippen LogP contribution in [0.15, 0.2) is 11.2 Å². The average Bonchev–Trinajstić information content (AvgIpc) is 3.03. The second-order valence-corrected chi connectivity index (χ2v) is 6.33. The molecule has 0 spiro atoms. The zero-order valence-corrected chi connectivity index (χ0v) is 11.4. The molecule has 0 aromatic carbocycles. The molecular formula is C11H20N4O2S. The van der Waals surface area contributed by atoms with E-state index in [-0.39, 0.29) is 5.03 Å². The van der Waals surface area contributed by atoms with E-state index in [1.54, 1.807) is 6.20 Å². The highest BCUT2D eigenvalue weighted by Crippen LogP contribution is 2.20. The summed E-state index contributed by atoms with van der Waals surface area (Å²) in [6.45, 7) is 3.04. The van der Waals surface area contributed by atoms with Gasteiger partial charge in [0.25, 0.3) is 10.0 Å². The summed E-state index contributed by atoms with van der Waals surface area (Å²) < 4.78 is 26.7. The summed E-state index contributed by atoms with van der Waals surface area (Å²) in [4.78, 5) is 0. The normalized spacial score (nSPS) is 16.1. The Labute approximate surface area is 108 Å². The van der Waals surface area contributed by atoms with Gasteiger partial charge in [0.05, 0.1) is 6.20 Å². The van der Waals surface area contributed by atoms with E-state index >= 15 is 0 Å². The Morgan fingerprint density at radius 3 is 2.94 bits per heavy atom. The van der Waals surface area contributed by atoms with E-state index in [1.165, 1.54) is 12.8 Å². The Balaban J connectivity index is 1.99. The standard InChI is InChI=1S/C11H20N4O2S/c1-2-3-6-14-18(16,17)11-9(8-13-15-11)7-12-10-4-5-10/h8,10,12,14H,2-7H2,1H3,(H,13,15). The molecule has 1 saturated carbocycles. The van der Waals surface area contributed by atoms with Gasteiger partial charge >= 0.3 is 0 Å².